The molecule has 57 heavy (non-hydrogen) atoms. The van der Waals surface area contributed by atoms with E-state index in [-0.39, 0.29) is 0 Å². The Morgan fingerprint density at radius 2 is 0.965 bits per heavy atom. The van der Waals surface area contributed by atoms with E-state index in [0.29, 0.717) is 17.5 Å². The predicted octanol–water partition coefficient (Wildman–Crippen LogP) is 14.4. The first-order chi connectivity index (χ1) is 28.2. The standard InChI is InChI=1S/C51H29N3O2S/c1-3-12-30(13-4-1)49-52-50(31-14-5-2-6-15-31)54-51(53-49)38-18-11-20-43-47(38)36-24-22-32(28-44(36)56-43)34-27-39(48-37-17-8-10-21-45(37)57-46(48)29-34)33-23-25-42-40(26-33)35-16-7-9-19-41(35)55-42/h1-29H. The van der Waals surface area contributed by atoms with Crippen LogP contribution in [0.5, 0.6) is 0 Å². The molecule has 4 heterocycles. The average molecular weight is 748 g/mol. The third kappa shape index (κ3) is 5.19. The smallest absolute Gasteiger partial charge is 0.164 e. The van der Waals surface area contributed by atoms with Crippen LogP contribution in [0, 0.1) is 0 Å². The van der Waals surface area contributed by atoms with Crippen molar-refractivity contribution < 1.29 is 8.83 Å². The SMILES string of the molecule is c1ccc(-c2nc(-c3ccccc3)nc(-c3cccc4oc5cc(-c6cc(-c7ccc8oc9ccccc9c8c7)c7c(c6)sc6ccccc67)ccc5c34)n2)cc1. The maximum atomic E-state index is 6.66. The lowest BCUT2D eigenvalue weighted by Crippen LogP contribution is -2.00. The average Bonchev–Trinajstić information content (AvgIpc) is 3.97. The second-order valence-electron chi connectivity index (χ2n) is 14.3. The Labute approximate surface area is 330 Å². The topological polar surface area (TPSA) is 65.0 Å². The van der Waals surface area contributed by atoms with Crippen LogP contribution < -0.4 is 0 Å². The minimum Gasteiger partial charge on any atom is -0.456 e. The van der Waals surface area contributed by atoms with Gasteiger partial charge in [-0.15, -0.1) is 11.3 Å². The van der Waals surface area contributed by atoms with Gasteiger partial charge in [-0.05, 0) is 76.9 Å². The highest BCUT2D eigenvalue weighted by Gasteiger charge is 2.20. The summed E-state index contributed by atoms with van der Waals surface area (Å²) in [6.45, 7) is 0. The molecule has 0 amide bonds. The van der Waals surface area contributed by atoms with Gasteiger partial charge in [0.25, 0.3) is 0 Å². The van der Waals surface area contributed by atoms with Crippen molar-refractivity contribution in [2.45, 2.75) is 0 Å². The van der Waals surface area contributed by atoms with E-state index in [0.717, 1.165) is 77.3 Å². The van der Waals surface area contributed by atoms with E-state index in [2.05, 4.69) is 91.0 Å². The quantitative estimate of drug-likeness (QED) is 0.175. The Kier molecular flexibility index (Phi) is 7.03. The first-order valence-corrected chi connectivity index (χ1v) is 19.7. The number of hydrogen-bond donors (Lipinski definition) is 0. The molecule has 0 N–H and O–H groups in total. The van der Waals surface area contributed by atoms with E-state index < -0.39 is 0 Å². The summed E-state index contributed by atoms with van der Waals surface area (Å²) in [4.78, 5) is 15.0. The molecule has 0 fully saturated rings. The van der Waals surface area contributed by atoms with Crippen molar-refractivity contribution in [2.75, 3.05) is 0 Å². The Morgan fingerprint density at radius 1 is 0.316 bits per heavy atom. The molecular weight excluding hydrogens is 719 g/mol. The first-order valence-electron chi connectivity index (χ1n) is 18.9. The molecule has 0 radical (unpaired) electrons. The molecular formula is C51H29N3O2S. The largest absolute Gasteiger partial charge is 0.456 e. The Morgan fingerprint density at radius 3 is 1.77 bits per heavy atom. The number of fused-ring (bicyclic) bond motifs is 9. The highest BCUT2D eigenvalue weighted by atomic mass is 32.1. The molecule has 0 bridgehead atoms. The Balaban J connectivity index is 1.03. The number of nitrogens with zero attached hydrogens (tertiary/aromatic N) is 3. The molecule has 0 saturated heterocycles. The van der Waals surface area contributed by atoms with Crippen LogP contribution in [0.2, 0.25) is 0 Å². The van der Waals surface area contributed by atoms with Crippen LogP contribution in [-0.2, 0) is 0 Å². The van der Waals surface area contributed by atoms with E-state index in [1.807, 2.05) is 96.3 Å². The third-order valence-electron chi connectivity index (χ3n) is 10.9. The number of thiophene rings is 1. The van der Waals surface area contributed by atoms with Gasteiger partial charge < -0.3 is 8.83 Å². The van der Waals surface area contributed by atoms with Crippen LogP contribution >= 0.6 is 11.3 Å². The highest BCUT2D eigenvalue weighted by Crippen LogP contribution is 2.45. The molecule has 0 saturated carbocycles. The van der Waals surface area contributed by atoms with Crippen molar-refractivity contribution in [3.8, 4) is 56.4 Å². The number of aromatic nitrogens is 3. The monoisotopic (exact) mass is 747 g/mol. The predicted molar refractivity (Wildman–Crippen MR) is 234 cm³/mol. The lowest BCUT2D eigenvalue weighted by atomic mass is 9.93. The van der Waals surface area contributed by atoms with Crippen molar-refractivity contribution in [1.82, 2.24) is 15.0 Å². The lowest BCUT2D eigenvalue weighted by Gasteiger charge is -2.10. The summed E-state index contributed by atoms with van der Waals surface area (Å²) in [7, 11) is 0. The molecule has 266 valence electrons. The Hall–Kier alpha value is -7.41. The molecule has 4 aromatic heterocycles. The van der Waals surface area contributed by atoms with Crippen LogP contribution in [-0.4, -0.2) is 15.0 Å². The number of hydrogen-bond acceptors (Lipinski definition) is 6. The molecule has 12 aromatic rings. The second kappa shape index (κ2) is 12.6. The number of para-hydroxylation sites is 1. The zero-order valence-electron chi connectivity index (χ0n) is 30.3. The highest BCUT2D eigenvalue weighted by molar-refractivity contribution is 7.26. The number of furan rings is 2. The molecule has 12 rings (SSSR count). The first kappa shape index (κ1) is 31.9. The summed E-state index contributed by atoms with van der Waals surface area (Å²) in [6.07, 6.45) is 0. The normalized spacial score (nSPS) is 11.9. The van der Waals surface area contributed by atoms with Crippen molar-refractivity contribution >= 4 is 75.4 Å². The fourth-order valence-corrected chi connectivity index (χ4v) is 9.43. The number of benzene rings is 8. The maximum Gasteiger partial charge on any atom is 0.164 e. The van der Waals surface area contributed by atoms with Gasteiger partial charge in [-0.3, -0.25) is 0 Å². The van der Waals surface area contributed by atoms with Crippen LogP contribution in [0.3, 0.4) is 0 Å². The summed E-state index contributed by atoms with van der Waals surface area (Å²) in [5.41, 5.74) is 10.7. The second-order valence-corrected chi connectivity index (χ2v) is 15.4. The molecule has 0 aliphatic carbocycles. The zero-order valence-corrected chi connectivity index (χ0v) is 31.1. The maximum absolute atomic E-state index is 6.66. The third-order valence-corrected chi connectivity index (χ3v) is 12.1. The summed E-state index contributed by atoms with van der Waals surface area (Å²) < 4.78 is 15.4. The summed E-state index contributed by atoms with van der Waals surface area (Å²) in [6, 6.07) is 61.0. The summed E-state index contributed by atoms with van der Waals surface area (Å²) >= 11 is 1.83. The van der Waals surface area contributed by atoms with Gasteiger partial charge in [0, 0.05) is 58.4 Å². The Bertz CT molecular complexity index is 3470. The summed E-state index contributed by atoms with van der Waals surface area (Å²) in [5, 5.41) is 6.75. The van der Waals surface area contributed by atoms with Crippen LogP contribution in [0.15, 0.2) is 185 Å². The molecule has 5 nitrogen and oxygen atoms in total. The fraction of sp³-hybridized carbons (Fsp3) is 0. The zero-order chi connectivity index (χ0) is 37.5. The lowest BCUT2D eigenvalue weighted by molar-refractivity contribution is 0.668. The van der Waals surface area contributed by atoms with Crippen LogP contribution in [0.4, 0.5) is 0 Å². The van der Waals surface area contributed by atoms with Gasteiger partial charge >= 0.3 is 0 Å². The van der Waals surface area contributed by atoms with Gasteiger partial charge in [-0.2, -0.15) is 0 Å². The van der Waals surface area contributed by atoms with Crippen molar-refractivity contribution in [3.63, 3.8) is 0 Å². The number of rotatable bonds is 5. The molecule has 0 aliphatic heterocycles. The van der Waals surface area contributed by atoms with E-state index in [9.17, 15) is 0 Å². The van der Waals surface area contributed by atoms with Crippen LogP contribution in [0.25, 0.3) is 120 Å². The molecule has 6 heteroatoms. The van der Waals surface area contributed by atoms with E-state index in [1.54, 1.807) is 0 Å². The van der Waals surface area contributed by atoms with Crippen molar-refractivity contribution in [1.29, 1.82) is 0 Å². The van der Waals surface area contributed by atoms with Crippen molar-refractivity contribution in [2.24, 2.45) is 0 Å². The fourth-order valence-electron chi connectivity index (χ4n) is 8.26. The van der Waals surface area contributed by atoms with Gasteiger partial charge in [0.05, 0.1) is 0 Å². The van der Waals surface area contributed by atoms with Crippen LogP contribution in [0.1, 0.15) is 0 Å². The minimum atomic E-state index is 0.599. The summed E-state index contributed by atoms with van der Waals surface area (Å²) in [5.74, 6) is 1.85. The van der Waals surface area contributed by atoms with E-state index in [1.165, 1.54) is 25.7 Å². The van der Waals surface area contributed by atoms with E-state index in [4.69, 9.17) is 23.8 Å². The van der Waals surface area contributed by atoms with Gasteiger partial charge in [0.15, 0.2) is 17.5 Å². The molecule has 0 aliphatic rings. The van der Waals surface area contributed by atoms with Crippen molar-refractivity contribution in [3.05, 3.63) is 176 Å². The molecule has 0 spiro atoms. The molecule has 0 unspecified atom stereocenters. The minimum absolute atomic E-state index is 0.599. The van der Waals surface area contributed by atoms with Gasteiger partial charge in [-0.25, -0.2) is 15.0 Å². The van der Waals surface area contributed by atoms with Gasteiger partial charge in [0.1, 0.15) is 22.3 Å². The molecule has 0 atom stereocenters. The molecule has 8 aromatic carbocycles. The van der Waals surface area contributed by atoms with Gasteiger partial charge in [0.2, 0.25) is 0 Å². The van der Waals surface area contributed by atoms with E-state index >= 15 is 0 Å². The van der Waals surface area contributed by atoms with Gasteiger partial charge in [-0.1, -0.05) is 121 Å².